The van der Waals surface area contributed by atoms with Gasteiger partial charge in [0.2, 0.25) is 0 Å². The molecule has 5 nitrogen and oxygen atoms in total. The maximum Gasteiger partial charge on any atom is 0.345 e. The van der Waals surface area contributed by atoms with E-state index in [2.05, 4.69) is 9.84 Å². The molecule has 0 aliphatic rings. The first-order valence-electron chi connectivity index (χ1n) is 4.23. The van der Waals surface area contributed by atoms with Crippen molar-refractivity contribution < 1.29 is 18.3 Å². The van der Waals surface area contributed by atoms with Gasteiger partial charge in [0.15, 0.2) is 5.56 Å². The molecule has 1 aromatic heterocycles. The predicted octanol–water partition coefficient (Wildman–Crippen LogP) is 0.828. The van der Waals surface area contributed by atoms with Crippen molar-refractivity contribution in [2.45, 2.75) is 13.3 Å². The molecule has 0 aliphatic carbocycles. The van der Waals surface area contributed by atoms with Gasteiger partial charge < -0.3 is 4.74 Å². The van der Waals surface area contributed by atoms with E-state index in [0.29, 0.717) is 0 Å². The molecule has 0 amide bonds. The lowest BCUT2D eigenvalue weighted by atomic mass is 10.2. The molecule has 1 heterocycles. The Morgan fingerprint density at radius 3 is 2.67 bits per heavy atom. The average molecular weight is 220 g/mol. The summed E-state index contributed by atoms with van der Waals surface area (Å²) >= 11 is 0. The number of esters is 1. The third-order valence-electron chi connectivity index (χ3n) is 1.77. The Morgan fingerprint density at radius 1 is 1.60 bits per heavy atom. The smallest absolute Gasteiger partial charge is 0.345 e. The number of halogens is 2. The van der Waals surface area contributed by atoms with E-state index in [4.69, 9.17) is 0 Å². The summed E-state index contributed by atoms with van der Waals surface area (Å²) in [5, 5.41) is 2.11. The lowest BCUT2D eigenvalue weighted by Gasteiger charge is -2.00. The first-order chi connectivity index (χ1) is 6.99. The van der Waals surface area contributed by atoms with Crippen LogP contribution in [0, 0.1) is 0 Å². The van der Waals surface area contributed by atoms with E-state index in [9.17, 15) is 18.4 Å². The summed E-state index contributed by atoms with van der Waals surface area (Å²) in [7, 11) is 1.25. The van der Waals surface area contributed by atoms with Crippen LogP contribution in [0.5, 0.6) is 0 Å². The number of carbonyl (C=O) groups excluding carboxylic acids is 1. The summed E-state index contributed by atoms with van der Waals surface area (Å²) < 4.78 is 30.2. The Morgan fingerprint density at radius 2 is 2.20 bits per heavy atom. The number of nitrogens with zero attached hydrogens (tertiary/aromatic N) is 1. The predicted molar refractivity (Wildman–Crippen MR) is 46.9 cm³/mol. The topological polar surface area (TPSA) is 64.1 Å². The van der Waals surface area contributed by atoms with Crippen molar-refractivity contribution in [1.82, 2.24) is 9.78 Å². The summed E-state index contributed by atoms with van der Waals surface area (Å²) in [6, 6.07) is 0. The van der Waals surface area contributed by atoms with E-state index < -0.39 is 29.2 Å². The quantitative estimate of drug-likeness (QED) is 0.767. The van der Waals surface area contributed by atoms with Gasteiger partial charge >= 0.3 is 5.97 Å². The Kier molecular flexibility index (Phi) is 3.23. The fraction of sp³-hybridized carbons (Fsp3) is 0.500. The van der Waals surface area contributed by atoms with Crippen molar-refractivity contribution >= 4 is 5.97 Å². The Bertz CT molecular complexity index is 422. The minimum atomic E-state index is -2.92. The van der Waals surface area contributed by atoms with Crippen molar-refractivity contribution in [1.29, 1.82) is 0 Å². The van der Waals surface area contributed by atoms with E-state index in [1.165, 1.54) is 14.0 Å². The largest absolute Gasteiger partial charge is 0.462 e. The molecule has 0 saturated heterocycles. The first kappa shape index (κ1) is 11.4. The number of carbonyl (C=O) groups is 1. The van der Waals surface area contributed by atoms with Gasteiger partial charge in [-0.15, -0.1) is 0 Å². The van der Waals surface area contributed by atoms with Crippen LogP contribution < -0.4 is 5.56 Å². The summed E-state index contributed by atoms with van der Waals surface area (Å²) in [6.45, 7) is 1.55. The molecule has 0 fully saturated rings. The number of alkyl halides is 2. The minimum Gasteiger partial charge on any atom is -0.462 e. The number of aromatic nitrogens is 2. The second-order valence-corrected chi connectivity index (χ2v) is 2.79. The molecule has 15 heavy (non-hydrogen) atoms. The maximum atomic E-state index is 12.4. The van der Waals surface area contributed by atoms with Crippen LogP contribution in [0.25, 0.3) is 0 Å². The van der Waals surface area contributed by atoms with Gasteiger partial charge in [0.1, 0.15) is 5.69 Å². The molecule has 0 aromatic carbocycles. The van der Waals surface area contributed by atoms with Gasteiger partial charge in [-0.25, -0.2) is 13.6 Å². The standard InChI is InChI=1S/C8H10F2N2O3/c1-3-15-8(14)4-5(6(9)10)11-12(2)7(4)13/h6,11H,3H2,1-2H3. The molecule has 0 unspecified atom stereocenters. The van der Waals surface area contributed by atoms with Crippen LogP contribution in [0.3, 0.4) is 0 Å². The zero-order valence-corrected chi connectivity index (χ0v) is 8.21. The molecule has 0 saturated carbocycles. The van der Waals surface area contributed by atoms with Crippen molar-refractivity contribution in [2.24, 2.45) is 7.05 Å². The molecule has 0 atom stereocenters. The van der Waals surface area contributed by atoms with Crippen LogP contribution in [0.2, 0.25) is 0 Å². The summed E-state index contributed by atoms with van der Waals surface area (Å²) in [5.74, 6) is -1.03. The maximum absolute atomic E-state index is 12.4. The third-order valence-corrected chi connectivity index (χ3v) is 1.77. The van der Waals surface area contributed by atoms with Gasteiger partial charge in [-0.05, 0) is 6.92 Å². The fourth-order valence-electron chi connectivity index (χ4n) is 1.13. The molecule has 1 aromatic rings. The molecule has 1 rings (SSSR count). The number of aryl methyl sites for hydroxylation is 1. The van der Waals surface area contributed by atoms with E-state index in [-0.39, 0.29) is 6.61 Å². The van der Waals surface area contributed by atoms with Gasteiger partial charge in [0, 0.05) is 7.05 Å². The minimum absolute atomic E-state index is 0.0237. The molecule has 0 spiro atoms. The zero-order valence-electron chi connectivity index (χ0n) is 8.21. The van der Waals surface area contributed by atoms with Crippen LogP contribution in [0.4, 0.5) is 8.78 Å². The molecule has 0 radical (unpaired) electrons. The highest BCUT2D eigenvalue weighted by molar-refractivity contribution is 5.90. The van der Waals surface area contributed by atoms with Crippen LogP contribution >= 0.6 is 0 Å². The number of aromatic amines is 1. The molecule has 0 bridgehead atoms. The van der Waals surface area contributed by atoms with Gasteiger partial charge in [0.25, 0.3) is 12.0 Å². The number of ether oxygens (including phenoxy) is 1. The summed E-state index contributed by atoms with van der Waals surface area (Å²) in [6.07, 6.45) is -2.92. The second-order valence-electron chi connectivity index (χ2n) is 2.79. The van der Waals surface area contributed by atoms with Crippen molar-refractivity contribution in [2.75, 3.05) is 6.61 Å². The number of rotatable bonds is 3. The molecular formula is C8H10F2N2O3. The average Bonchev–Trinajstić information content (AvgIpc) is 2.44. The zero-order chi connectivity index (χ0) is 11.6. The number of H-pyrrole nitrogens is 1. The van der Waals surface area contributed by atoms with E-state index in [0.717, 1.165) is 4.68 Å². The van der Waals surface area contributed by atoms with Crippen molar-refractivity contribution in [3.8, 4) is 0 Å². The fourth-order valence-corrected chi connectivity index (χ4v) is 1.13. The van der Waals surface area contributed by atoms with Gasteiger partial charge in [-0.3, -0.25) is 14.6 Å². The summed E-state index contributed by atoms with van der Waals surface area (Å²) in [4.78, 5) is 22.5. The molecular weight excluding hydrogens is 210 g/mol. The van der Waals surface area contributed by atoms with Crippen LogP contribution in [0.15, 0.2) is 4.79 Å². The third kappa shape index (κ3) is 2.05. The lowest BCUT2D eigenvalue weighted by Crippen LogP contribution is -2.20. The Labute approximate surface area is 83.6 Å². The SMILES string of the molecule is CCOC(=O)c1c(C(F)F)[nH]n(C)c1=O. The van der Waals surface area contributed by atoms with Crippen molar-refractivity contribution in [3.63, 3.8) is 0 Å². The summed E-state index contributed by atoms with van der Waals surface area (Å²) in [5.41, 5.74) is -2.15. The molecule has 0 aliphatic heterocycles. The molecule has 84 valence electrons. The van der Waals surface area contributed by atoms with Gasteiger partial charge in [-0.2, -0.15) is 0 Å². The van der Waals surface area contributed by atoms with Gasteiger partial charge in [-0.1, -0.05) is 0 Å². The lowest BCUT2D eigenvalue weighted by molar-refractivity contribution is 0.0513. The molecule has 7 heteroatoms. The number of hydrogen-bond acceptors (Lipinski definition) is 3. The highest BCUT2D eigenvalue weighted by atomic mass is 19.3. The van der Waals surface area contributed by atoms with E-state index in [1.54, 1.807) is 0 Å². The van der Waals surface area contributed by atoms with Crippen molar-refractivity contribution in [3.05, 3.63) is 21.6 Å². The van der Waals surface area contributed by atoms with Crippen LogP contribution in [0.1, 0.15) is 29.4 Å². The van der Waals surface area contributed by atoms with Crippen LogP contribution in [-0.2, 0) is 11.8 Å². The van der Waals surface area contributed by atoms with Gasteiger partial charge in [0.05, 0.1) is 6.61 Å². The second kappa shape index (κ2) is 4.24. The molecule has 1 N–H and O–H groups in total. The normalized spacial score (nSPS) is 10.7. The Balaban J connectivity index is 3.25. The highest BCUT2D eigenvalue weighted by Gasteiger charge is 2.26. The van der Waals surface area contributed by atoms with E-state index >= 15 is 0 Å². The number of nitrogens with one attached hydrogen (secondary N) is 1. The van der Waals surface area contributed by atoms with Crippen LogP contribution in [-0.4, -0.2) is 22.4 Å². The first-order valence-corrected chi connectivity index (χ1v) is 4.23. The monoisotopic (exact) mass is 220 g/mol. The van der Waals surface area contributed by atoms with E-state index in [1.807, 2.05) is 0 Å². The Hall–Kier alpha value is -1.66. The number of hydrogen-bond donors (Lipinski definition) is 1. The highest BCUT2D eigenvalue weighted by Crippen LogP contribution is 2.18.